The van der Waals surface area contributed by atoms with Gasteiger partial charge in [0.25, 0.3) is 0 Å². The van der Waals surface area contributed by atoms with Crippen LogP contribution in [0.25, 0.3) is 10.9 Å². The topological polar surface area (TPSA) is 48.1 Å². The van der Waals surface area contributed by atoms with Gasteiger partial charge in [-0.3, -0.25) is 4.79 Å². The van der Waals surface area contributed by atoms with Crippen LogP contribution in [-0.4, -0.2) is 42.5 Å². The van der Waals surface area contributed by atoms with Crippen LogP contribution in [0.4, 0.5) is 0 Å². The second kappa shape index (κ2) is 6.13. The van der Waals surface area contributed by atoms with Crippen molar-refractivity contribution >= 4 is 16.8 Å². The minimum atomic E-state index is 0.133. The first-order valence-electron chi connectivity index (χ1n) is 8.08. The molecule has 1 aliphatic heterocycles. The number of amides is 1. The molecule has 4 heteroatoms. The zero-order chi connectivity index (χ0) is 15.7. The summed E-state index contributed by atoms with van der Waals surface area (Å²) in [6, 6.07) is 8.35. The van der Waals surface area contributed by atoms with Gasteiger partial charge in [0.2, 0.25) is 5.91 Å². The van der Waals surface area contributed by atoms with Gasteiger partial charge in [-0.15, -0.1) is 0 Å². The molecule has 2 aromatic rings. The van der Waals surface area contributed by atoms with E-state index in [1.54, 1.807) is 0 Å². The second-order valence-electron chi connectivity index (χ2n) is 6.62. The van der Waals surface area contributed by atoms with E-state index in [0.29, 0.717) is 12.5 Å². The molecule has 1 amide bonds. The number of fused-ring (bicyclic) bond motifs is 1. The van der Waals surface area contributed by atoms with Crippen LogP contribution in [0, 0.1) is 18.8 Å². The second-order valence-corrected chi connectivity index (χ2v) is 6.62. The van der Waals surface area contributed by atoms with Crippen LogP contribution in [0.15, 0.2) is 24.3 Å². The van der Waals surface area contributed by atoms with Crippen molar-refractivity contribution in [1.29, 1.82) is 0 Å². The monoisotopic (exact) mass is 299 g/mol. The zero-order valence-electron chi connectivity index (χ0n) is 13.6. The molecule has 2 atom stereocenters. The van der Waals surface area contributed by atoms with Crippen LogP contribution >= 0.6 is 0 Å². The number of benzene rings is 1. The van der Waals surface area contributed by atoms with E-state index in [1.807, 2.05) is 6.07 Å². The van der Waals surface area contributed by atoms with Crippen LogP contribution in [0.5, 0.6) is 0 Å². The van der Waals surface area contributed by atoms with E-state index in [2.05, 4.69) is 54.3 Å². The lowest BCUT2D eigenvalue weighted by Crippen LogP contribution is -2.35. The van der Waals surface area contributed by atoms with Gasteiger partial charge in [0, 0.05) is 36.2 Å². The number of carbonyl (C=O) groups excluding carboxylic acids is 1. The predicted molar refractivity (Wildman–Crippen MR) is 89.9 cm³/mol. The van der Waals surface area contributed by atoms with Crippen LogP contribution in [0.3, 0.4) is 0 Å². The van der Waals surface area contributed by atoms with Crippen LogP contribution in [-0.2, 0) is 11.2 Å². The standard InChI is InChI=1S/C18H25N3O/c1-12-10-21(3)11-16(12)18(22)19-9-8-14-13(2)20-17-7-5-4-6-15(14)17/h4-7,12,16,20H,8-11H2,1-3H3,(H,19,22)/t12-,16+/m1/s1. The number of aromatic amines is 1. The van der Waals surface area contributed by atoms with E-state index in [-0.39, 0.29) is 11.8 Å². The van der Waals surface area contributed by atoms with E-state index in [9.17, 15) is 4.79 Å². The summed E-state index contributed by atoms with van der Waals surface area (Å²) in [5.74, 6) is 0.781. The summed E-state index contributed by atoms with van der Waals surface area (Å²) < 4.78 is 0. The maximum atomic E-state index is 12.3. The molecule has 1 saturated heterocycles. The molecule has 0 spiro atoms. The Labute approximate surface area is 131 Å². The Morgan fingerprint density at radius 2 is 2.14 bits per heavy atom. The number of rotatable bonds is 4. The molecule has 2 heterocycles. The lowest BCUT2D eigenvalue weighted by molar-refractivity contribution is -0.125. The summed E-state index contributed by atoms with van der Waals surface area (Å²) in [6.07, 6.45) is 0.874. The van der Waals surface area contributed by atoms with Gasteiger partial charge in [0.15, 0.2) is 0 Å². The maximum Gasteiger partial charge on any atom is 0.224 e. The third-order valence-corrected chi connectivity index (χ3v) is 4.83. The fourth-order valence-electron chi connectivity index (χ4n) is 3.65. The molecule has 4 nitrogen and oxygen atoms in total. The highest BCUT2D eigenvalue weighted by Crippen LogP contribution is 2.23. The third-order valence-electron chi connectivity index (χ3n) is 4.83. The van der Waals surface area contributed by atoms with Crippen LogP contribution in [0.1, 0.15) is 18.2 Å². The summed E-state index contributed by atoms with van der Waals surface area (Å²) in [5, 5.41) is 4.39. The van der Waals surface area contributed by atoms with Crippen molar-refractivity contribution in [1.82, 2.24) is 15.2 Å². The van der Waals surface area contributed by atoms with Crippen molar-refractivity contribution < 1.29 is 4.79 Å². The first-order valence-corrected chi connectivity index (χ1v) is 8.08. The first-order chi connectivity index (χ1) is 10.6. The molecule has 0 saturated carbocycles. The molecular weight excluding hydrogens is 274 g/mol. The van der Waals surface area contributed by atoms with Gasteiger partial charge in [-0.05, 0) is 37.9 Å². The number of hydrogen-bond donors (Lipinski definition) is 2. The lowest BCUT2D eigenvalue weighted by Gasteiger charge is -2.14. The quantitative estimate of drug-likeness (QED) is 0.910. The van der Waals surface area contributed by atoms with Gasteiger partial charge in [-0.2, -0.15) is 0 Å². The molecule has 1 aromatic heterocycles. The highest BCUT2D eigenvalue weighted by Gasteiger charge is 2.32. The SMILES string of the molecule is Cc1[nH]c2ccccc2c1CCNC(=O)[C@H]1CN(C)C[C@H]1C. The third kappa shape index (κ3) is 2.88. The van der Waals surface area contributed by atoms with Crippen molar-refractivity contribution in [3.8, 4) is 0 Å². The molecule has 0 radical (unpaired) electrons. The number of carbonyl (C=O) groups is 1. The Kier molecular flexibility index (Phi) is 4.21. The van der Waals surface area contributed by atoms with E-state index >= 15 is 0 Å². The molecule has 0 unspecified atom stereocenters. The summed E-state index contributed by atoms with van der Waals surface area (Å²) in [4.78, 5) is 18.0. The fourth-order valence-corrected chi connectivity index (χ4v) is 3.65. The summed E-state index contributed by atoms with van der Waals surface area (Å²) in [7, 11) is 2.08. The molecule has 0 aliphatic carbocycles. The normalized spacial score (nSPS) is 22.3. The predicted octanol–water partition coefficient (Wildman–Crippen LogP) is 2.33. The molecular formula is C18H25N3O. The molecule has 2 N–H and O–H groups in total. The number of nitrogens with zero attached hydrogens (tertiary/aromatic N) is 1. The summed E-state index contributed by atoms with van der Waals surface area (Å²) in [5.41, 5.74) is 3.68. The average Bonchev–Trinajstić information content (AvgIpc) is 2.98. The molecule has 0 bridgehead atoms. The lowest BCUT2D eigenvalue weighted by atomic mass is 9.97. The minimum Gasteiger partial charge on any atom is -0.358 e. The van der Waals surface area contributed by atoms with Crippen LogP contribution in [0.2, 0.25) is 0 Å². The van der Waals surface area contributed by atoms with Gasteiger partial charge in [0.05, 0.1) is 5.92 Å². The number of nitrogens with one attached hydrogen (secondary N) is 2. The first kappa shape index (κ1) is 15.1. The van der Waals surface area contributed by atoms with Gasteiger partial charge in [-0.1, -0.05) is 25.1 Å². The molecule has 22 heavy (non-hydrogen) atoms. The van der Waals surface area contributed by atoms with Crippen molar-refractivity contribution in [2.24, 2.45) is 11.8 Å². The average molecular weight is 299 g/mol. The molecule has 118 valence electrons. The van der Waals surface area contributed by atoms with E-state index in [4.69, 9.17) is 0 Å². The summed E-state index contributed by atoms with van der Waals surface area (Å²) in [6.45, 7) is 6.86. The van der Waals surface area contributed by atoms with E-state index in [1.165, 1.54) is 22.2 Å². The van der Waals surface area contributed by atoms with Gasteiger partial charge >= 0.3 is 0 Å². The number of H-pyrrole nitrogens is 1. The number of hydrogen-bond acceptors (Lipinski definition) is 2. The number of para-hydroxylation sites is 1. The molecule has 1 fully saturated rings. The van der Waals surface area contributed by atoms with Gasteiger partial charge < -0.3 is 15.2 Å². The fraction of sp³-hybridized carbons (Fsp3) is 0.500. The van der Waals surface area contributed by atoms with Crippen molar-refractivity contribution in [2.45, 2.75) is 20.3 Å². The van der Waals surface area contributed by atoms with Gasteiger partial charge in [-0.25, -0.2) is 0 Å². The van der Waals surface area contributed by atoms with Gasteiger partial charge in [0.1, 0.15) is 0 Å². The Bertz CT molecular complexity index is 676. The van der Waals surface area contributed by atoms with E-state index in [0.717, 1.165) is 19.5 Å². The van der Waals surface area contributed by atoms with Crippen molar-refractivity contribution in [3.63, 3.8) is 0 Å². The molecule has 1 aliphatic rings. The Morgan fingerprint density at radius 1 is 1.36 bits per heavy atom. The summed E-state index contributed by atoms with van der Waals surface area (Å²) >= 11 is 0. The Balaban J connectivity index is 1.61. The van der Waals surface area contributed by atoms with E-state index < -0.39 is 0 Å². The maximum absolute atomic E-state index is 12.3. The largest absolute Gasteiger partial charge is 0.358 e. The number of aryl methyl sites for hydroxylation is 1. The Hall–Kier alpha value is -1.81. The zero-order valence-corrected chi connectivity index (χ0v) is 13.6. The molecule has 1 aromatic carbocycles. The Morgan fingerprint density at radius 3 is 2.86 bits per heavy atom. The highest BCUT2D eigenvalue weighted by molar-refractivity contribution is 5.84. The highest BCUT2D eigenvalue weighted by atomic mass is 16.1. The van der Waals surface area contributed by atoms with Crippen LogP contribution < -0.4 is 5.32 Å². The van der Waals surface area contributed by atoms with Crippen molar-refractivity contribution in [3.05, 3.63) is 35.5 Å². The van der Waals surface area contributed by atoms with Crippen molar-refractivity contribution in [2.75, 3.05) is 26.7 Å². The number of likely N-dealkylation sites (tertiary alicyclic amines) is 1. The molecule has 3 rings (SSSR count). The minimum absolute atomic E-state index is 0.133. The smallest absolute Gasteiger partial charge is 0.224 e. The number of aromatic nitrogens is 1.